The number of rotatable bonds is 5. The van der Waals surface area contributed by atoms with Crippen molar-refractivity contribution in [3.05, 3.63) is 22.4 Å². The molecule has 0 spiro atoms. The molecule has 1 aromatic heterocycles. The predicted molar refractivity (Wildman–Crippen MR) is 129 cm³/mol. The number of likely N-dealkylation sites (tertiary alicyclic amines) is 1. The maximum Gasteiger partial charge on any atom is 0.418 e. The first-order valence-corrected chi connectivity index (χ1v) is 14.0. The molecule has 5 rings (SSSR count). The van der Waals surface area contributed by atoms with Crippen molar-refractivity contribution in [1.82, 2.24) is 4.90 Å². The number of piperidine rings is 1. The van der Waals surface area contributed by atoms with Crippen molar-refractivity contribution in [2.45, 2.75) is 108 Å². The fourth-order valence-electron chi connectivity index (χ4n) is 7.66. The van der Waals surface area contributed by atoms with Crippen LogP contribution in [0.4, 0.5) is 13.2 Å². The molecule has 3 heterocycles. The van der Waals surface area contributed by atoms with E-state index in [1.807, 2.05) is 19.2 Å². The number of ether oxygens (including phenoxy) is 1. The quantitative estimate of drug-likeness (QED) is 0.529. The van der Waals surface area contributed by atoms with E-state index in [2.05, 4.69) is 11.4 Å². The first-order valence-electron chi connectivity index (χ1n) is 13.1. The first kappa shape index (κ1) is 25.7. The third kappa shape index (κ3) is 4.51. The number of thiophene rings is 1. The number of hydrogen-bond acceptors (Lipinski definition) is 5. The summed E-state index contributed by atoms with van der Waals surface area (Å²) in [7, 11) is 0. The van der Waals surface area contributed by atoms with Gasteiger partial charge in [0.15, 0.2) is 5.60 Å². The van der Waals surface area contributed by atoms with Crippen molar-refractivity contribution in [2.75, 3.05) is 13.1 Å². The number of ketones is 1. The van der Waals surface area contributed by atoms with Crippen LogP contribution in [0.15, 0.2) is 16.8 Å². The van der Waals surface area contributed by atoms with Gasteiger partial charge in [0, 0.05) is 42.8 Å². The van der Waals surface area contributed by atoms with Gasteiger partial charge < -0.3 is 9.84 Å². The molecule has 0 amide bonds. The minimum absolute atomic E-state index is 0.00294. The Hall–Kier alpha value is -0.960. The second-order valence-electron chi connectivity index (χ2n) is 12.5. The number of hydrogen-bond donors (Lipinski definition) is 1. The summed E-state index contributed by atoms with van der Waals surface area (Å²) in [5.41, 5.74) is -3.36. The molecule has 0 radical (unpaired) electrons. The molecule has 35 heavy (non-hydrogen) atoms. The van der Waals surface area contributed by atoms with Crippen LogP contribution in [0.2, 0.25) is 0 Å². The highest BCUT2D eigenvalue weighted by Gasteiger charge is 2.64. The van der Waals surface area contributed by atoms with E-state index in [-0.39, 0.29) is 36.3 Å². The smallest absolute Gasteiger partial charge is 0.379 e. The van der Waals surface area contributed by atoms with Crippen molar-refractivity contribution in [2.24, 2.45) is 17.3 Å². The third-order valence-corrected chi connectivity index (χ3v) is 10.1. The summed E-state index contributed by atoms with van der Waals surface area (Å²) in [6, 6.07) is 1.89. The summed E-state index contributed by atoms with van der Waals surface area (Å²) in [5, 5.41) is 15.5. The van der Waals surface area contributed by atoms with Gasteiger partial charge in [-0.2, -0.15) is 24.5 Å². The summed E-state index contributed by atoms with van der Waals surface area (Å²) in [6.07, 6.45) is 0.609. The molecule has 4 aliphatic rings. The Balaban J connectivity index is 1.37. The lowest BCUT2D eigenvalue weighted by atomic mass is 9.62. The summed E-state index contributed by atoms with van der Waals surface area (Å²) < 4.78 is 49.8. The van der Waals surface area contributed by atoms with Crippen LogP contribution in [0.5, 0.6) is 0 Å². The van der Waals surface area contributed by atoms with E-state index in [0.29, 0.717) is 12.3 Å². The zero-order valence-corrected chi connectivity index (χ0v) is 21.8. The Bertz CT molecular complexity index is 935. The number of β-amino-alcohol motifs (C(OH)–C–C–N with tert-alkyl or cyclic N) is 1. The number of Topliss-reactive ketones (excluding diaryl/α,β-unsaturated/α-hetero) is 1. The average Bonchev–Trinajstić information content (AvgIpc) is 3.31. The lowest BCUT2D eigenvalue weighted by molar-refractivity contribution is -0.327. The summed E-state index contributed by atoms with van der Waals surface area (Å²) in [5.74, 6) is 0.251. The van der Waals surface area contributed by atoms with E-state index in [1.165, 1.54) is 5.56 Å². The molecule has 4 nitrogen and oxygen atoms in total. The Morgan fingerprint density at radius 3 is 2.60 bits per heavy atom. The zero-order chi connectivity index (χ0) is 25.2. The normalized spacial score (nSPS) is 39.3. The fourth-order valence-corrected chi connectivity index (χ4v) is 8.41. The van der Waals surface area contributed by atoms with Gasteiger partial charge >= 0.3 is 6.18 Å². The Labute approximate surface area is 210 Å². The second-order valence-corrected chi connectivity index (χ2v) is 13.2. The number of alkyl halides is 3. The molecule has 7 unspecified atom stereocenters. The highest BCUT2D eigenvalue weighted by Crippen LogP contribution is 2.56. The first-order chi connectivity index (χ1) is 16.3. The van der Waals surface area contributed by atoms with E-state index >= 15 is 0 Å². The van der Waals surface area contributed by atoms with Gasteiger partial charge in [0.2, 0.25) is 0 Å². The summed E-state index contributed by atoms with van der Waals surface area (Å²) in [6.45, 7) is 5.16. The van der Waals surface area contributed by atoms with Crippen LogP contribution in [-0.2, 0) is 9.53 Å². The molecule has 0 aromatic carbocycles. The number of nitrogens with zero attached hydrogens (tertiary/aromatic N) is 1. The fraction of sp³-hybridized carbons (Fsp3) is 0.815. The van der Waals surface area contributed by atoms with Crippen LogP contribution < -0.4 is 0 Å². The Kier molecular flexibility index (Phi) is 6.47. The molecule has 4 fully saturated rings. The highest BCUT2D eigenvalue weighted by molar-refractivity contribution is 7.08. The summed E-state index contributed by atoms with van der Waals surface area (Å²) >= 11 is 1.65. The third-order valence-electron chi connectivity index (χ3n) is 9.44. The number of fused-ring (bicyclic) bond motifs is 2. The minimum atomic E-state index is -4.79. The molecule has 196 valence electrons. The monoisotopic (exact) mass is 513 g/mol. The number of aliphatic hydroxyl groups is 1. The van der Waals surface area contributed by atoms with Gasteiger partial charge in [-0.3, -0.25) is 9.69 Å². The standard InChI is InChI=1S/C27H38F3NO3S/c1-24(2)15-31(21-7-5-4-6-19(21)23(24)32)16-26(33,27(28,29)30)14-25(3)20-12-17(8-9-22(20)34-25)18-10-11-35-13-18/h10-11,13,17,19-22,33H,4-9,12,14-16H2,1-3H3. The molecule has 2 aliphatic heterocycles. The molecule has 0 bridgehead atoms. The van der Waals surface area contributed by atoms with Crippen molar-refractivity contribution in [3.8, 4) is 0 Å². The van der Waals surface area contributed by atoms with Crippen LogP contribution >= 0.6 is 11.3 Å². The van der Waals surface area contributed by atoms with Crippen molar-refractivity contribution in [1.29, 1.82) is 0 Å². The molecule has 1 aromatic rings. The topological polar surface area (TPSA) is 49.8 Å². The Morgan fingerprint density at radius 2 is 1.91 bits per heavy atom. The predicted octanol–water partition coefficient (Wildman–Crippen LogP) is 5.94. The van der Waals surface area contributed by atoms with E-state index < -0.39 is 35.8 Å². The largest absolute Gasteiger partial charge is 0.418 e. The van der Waals surface area contributed by atoms with Gasteiger partial charge in [-0.05, 0) is 67.3 Å². The SMILES string of the molecule is CC1(C)CN(CC(O)(CC2(C)OC3CCC(c4ccsc4)CC32)C(F)(F)F)C2CCCCC2C1=O. The van der Waals surface area contributed by atoms with Crippen molar-refractivity contribution < 1.29 is 27.8 Å². The molecule has 2 saturated carbocycles. The average molecular weight is 514 g/mol. The number of carbonyl (C=O) groups is 1. The van der Waals surface area contributed by atoms with Crippen LogP contribution in [0.25, 0.3) is 0 Å². The lowest BCUT2D eigenvalue weighted by Crippen LogP contribution is -2.68. The molecular formula is C27H38F3NO3S. The zero-order valence-electron chi connectivity index (χ0n) is 20.9. The molecule has 7 atom stereocenters. The van der Waals surface area contributed by atoms with Gasteiger partial charge in [-0.1, -0.05) is 26.7 Å². The maximum absolute atomic E-state index is 14.6. The van der Waals surface area contributed by atoms with Crippen molar-refractivity contribution >= 4 is 17.1 Å². The Morgan fingerprint density at radius 1 is 1.17 bits per heavy atom. The minimum Gasteiger partial charge on any atom is -0.379 e. The van der Waals surface area contributed by atoms with Crippen LogP contribution in [0, 0.1) is 17.3 Å². The van der Waals surface area contributed by atoms with Gasteiger partial charge in [0.1, 0.15) is 5.78 Å². The number of halogens is 3. The molecule has 1 N–H and O–H groups in total. The van der Waals surface area contributed by atoms with Crippen LogP contribution in [0.1, 0.15) is 83.6 Å². The van der Waals surface area contributed by atoms with Gasteiger partial charge in [-0.25, -0.2) is 0 Å². The molecular weight excluding hydrogens is 475 g/mol. The van der Waals surface area contributed by atoms with Crippen molar-refractivity contribution in [3.63, 3.8) is 0 Å². The second kappa shape index (κ2) is 8.81. The molecule has 2 saturated heterocycles. The molecule has 8 heteroatoms. The van der Waals surface area contributed by atoms with Gasteiger partial charge in [0.05, 0.1) is 11.7 Å². The van der Waals surface area contributed by atoms with Gasteiger partial charge in [0.25, 0.3) is 0 Å². The highest BCUT2D eigenvalue weighted by atomic mass is 32.1. The van der Waals surface area contributed by atoms with Crippen LogP contribution in [-0.4, -0.2) is 58.4 Å². The van der Waals surface area contributed by atoms with Crippen LogP contribution in [0.3, 0.4) is 0 Å². The van der Waals surface area contributed by atoms with E-state index in [4.69, 9.17) is 4.74 Å². The van der Waals surface area contributed by atoms with Gasteiger partial charge in [-0.15, -0.1) is 0 Å². The maximum atomic E-state index is 14.6. The van der Waals surface area contributed by atoms with E-state index in [0.717, 1.165) is 38.5 Å². The lowest BCUT2D eigenvalue weighted by Gasteiger charge is -2.59. The van der Waals surface area contributed by atoms with E-state index in [9.17, 15) is 23.1 Å². The molecule has 2 aliphatic carbocycles. The van der Waals surface area contributed by atoms with E-state index in [1.54, 1.807) is 23.2 Å². The summed E-state index contributed by atoms with van der Waals surface area (Å²) in [4.78, 5) is 14.8. The number of carbonyl (C=O) groups excluding carboxylic acids is 1.